The first kappa shape index (κ1) is 15.3. The van der Waals surface area contributed by atoms with Crippen molar-refractivity contribution in [3.8, 4) is 11.3 Å². The second-order valence-corrected chi connectivity index (χ2v) is 5.93. The molecule has 122 valence electrons. The second-order valence-electron chi connectivity index (χ2n) is 5.93. The van der Waals surface area contributed by atoms with Crippen molar-refractivity contribution in [2.45, 2.75) is 6.42 Å². The third-order valence-corrected chi connectivity index (χ3v) is 4.21. The van der Waals surface area contributed by atoms with Crippen LogP contribution in [0.2, 0.25) is 0 Å². The van der Waals surface area contributed by atoms with Crippen molar-refractivity contribution in [2.24, 2.45) is 0 Å². The fourth-order valence-electron chi connectivity index (χ4n) is 2.90. The smallest absolute Gasteiger partial charge is 0.167 e. The lowest BCUT2D eigenvalue weighted by Crippen LogP contribution is -2.03. The van der Waals surface area contributed by atoms with Gasteiger partial charge < -0.3 is 0 Å². The van der Waals surface area contributed by atoms with E-state index in [0.29, 0.717) is 17.7 Å². The first-order valence-electron chi connectivity index (χ1n) is 8.02. The van der Waals surface area contributed by atoms with Gasteiger partial charge in [-0.05, 0) is 48.0 Å². The van der Waals surface area contributed by atoms with Crippen LogP contribution in [-0.4, -0.2) is 16.0 Å². The standard InChI is InChI=1S/C21H15FN2O/c22-17-9-6-15(7-10-17)21-18-13-16(8-11-19(18)23-24-21)20(25)12-14-4-2-1-3-5-14/h1-11,13H,12H2,(H,23,24). The van der Waals surface area contributed by atoms with Gasteiger partial charge >= 0.3 is 0 Å². The van der Waals surface area contributed by atoms with E-state index in [4.69, 9.17) is 0 Å². The van der Waals surface area contributed by atoms with E-state index in [1.54, 1.807) is 18.2 Å². The maximum Gasteiger partial charge on any atom is 0.167 e. The number of nitrogens with zero attached hydrogens (tertiary/aromatic N) is 1. The summed E-state index contributed by atoms with van der Waals surface area (Å²) in [6.45, 7) is 0. The zero-order valence-electron chi connectivity index (χ0n) is 13.4. The van der Waals surface area contributed by atoms with Gasteiger partial charge in [0.2, 0.25) is 0 Å². The lowest BCUT2D eigenvalue weighted by Gasteiger charge is -2.03. The van der Waals surface area contributed by atoms with E-state index in [0.717, 1.165) is 22.0 Å². The average Bonchev–Trinajstić information content (AvgIpc) is 3.06. The first-order chi connectivity index (χ1) is 12.2. The predicted octanol–water partition coefficient (Wildman–Crippen LogP) is 4.79. The van der Waals surface area contributed by atoms with Gasteiger partial charge in [-0.25, -0.2) is 4.39 Å². The Hall–Kier alpha value is -3.27. The number of carbonyl (C=O) groups is 1. The molecule has 4 aromatic rings. The van der Waals surface area contributed by atoms with Crippen molar-refractivity contribution < 1.29 is 9.18 Å². The van der Waals surface area contributed by atoms with Crippen LogP contribution in [0.5, 0.6) is 0 Å². The highest BCUT2D eigenvalue weighted by molar-refractivity contribution is 6.03. The Morgan fingerprint density at radius 1 is 0.960 bits per heavy atom. The van der Waals surface area contributed by atoms with Crippen LogP contribution in [0.25, 0.3) is 22.2 Å². The summed E-state index contributed by atoms with van der Waals surface area (Å²) in [5.41, 5.74) is 3.99. The zero-order chi connectivity index (χ0) is 17.2. The molecule has 1 N–H and O–H groups in total. The normalized spacial score (nSPS) is 10.9. The molecule has 0 saturated heterocycles. The van der Waals surface area contributed by atoms with Crippen LogP contribution < -0.4 is 0 Å². The highest BCUT2D eigenvalue weighted by atomic mass is 19.1. The molecule has 4 heteroatoms. The Bertz CT molecular complexity index is 1040. The maximum atomic E-state index is 13.1. The first-order valence-corrected chi connectivity index (χ1v) is 8.02. The van der Waals surface area contributed by atoms with E-state index in [1.807, 2.05) is 42.5 Å². The molecule has 0 bridgehead atoms. The van der Waals surface area contributed by atoms with E-state index in [2.05, 4.69) is 10.2 Å². The Balaban J connectivity index is 1.71. The number of ketones is 1. The van der Waals surface area contributed by atoms with Gasteiger partial charge in [0.25, 0.3) is 0 Å². The number of H-pyrrole nitrogens is 1. The molecule has 1 heterocycles. The minimum Gasteiger partial charge on any atom is -0.294 e. The number of aromatic nitrogens is 2. The summed E-state index contributed by atoms with van der Waals surface area (Å²) < 4.78 is 13.1. The number of hydrogen-bond donors (Lipinski definition) is 1. The van der Waals surface area contributed by atoms with Crippen LogP contribution in [0.3, 0.4) is 0 Å². The number of hydrogen-bond acceptors (Lipinski definition) is 2. The molecule has 1 aromatic heterocycles. The SMILES string of the molecule is O=C(Cc1ccccc1)c1ccc2[nH]nc(-c3ccc(F)cc3)c2c1. The summed E-state index contributed by atoms with van der Waals surface area (Å²) in [4.78, 5) is 12.6. The van der Waals surface area contributed by atoms with E-state index in [9.17, 15) is 9.18 Å². The molecule has 0 fully saturated rings. The number of benzene rings is 3. The lowest BCUT2D eigenvalue weighted by atomic mass is 10.00. The van der Waals surface area contributed by atoms with Gasteiger partial charge in [-0.1, -0.05) is 30.3 Å². The minimum atomic E-state index is -0.290. The fourth-order valence-corrected chi connectivity index (χ4v) is 2.90. The van der Waals surface area contributed by atoms with Crippen LogP contribution in [0.15, 0.2) is 72.8 Å². The molecule has 4 rings (SSSR count). The number of Topliss-reactive ketones (excluding diaryl/α,β-unsaturated/α-hetero) is 1. The van der Waals surface area contributed by atoms with E-state index >= 15 is 0 Å². The van der Waals surface area contributed by atoms with Crippen molar-refractivity contribution in [3.63, 3.8) is 0 Å². The van der Waals surface area contributed by atoms with Gasteiger partial charge in [-0.2, -0.15) is 5.10 Å². The molecule has 0 aliphatic heterocycles. The van der Waals surface area contributed by atoms with Crippen LogP contribution in [-0.2, 0) is 6.42 Å². The molecule has 0 saturated carbocycles. The molecule has 0 atom stereocenters. The molecular weight excluding hydrogens is 315 g/mol. The monoisotopic (exact) mass is 330 g/mol. The minimum absolute atomic E-state index is 0.0550. The Labute approximate surface area is 144 Å². The highest BCUT2D eigenvalue weighted by Gasteiger charge is 2.12. The summed E-state index contributed by atoms with van der Waals surface area (Å²) in [7, 11) is 0. The topological polar surface area (TPSA) is 45.8 Å². The van der Waals surface area contributed by atoms with E-state index in [1.165, 1.54) is 12.1 Å². The quantitative estimate of drug-likeness (QED) is 0.547. The molecule has 25 heavy (non-hydrogen) atoms. The summed E-state index contributed by atoms with van der Waals surface area (Å²) in [6.07, 6.45) is 0.357. The molecule has 0 unspecified atom stereocenters. The molecule has 0 aliphatic rings. The molecule has 0 aliphatic carbocycles. The molecule has 0 spiro atoms. The average molecular weight is 330 g/mol. The van der Waals surface area contributed by atoms with Crippen molar-refractivity contribution in [2.75, 3.05) is 0 Å². The van der Waals surface area contributed by atoms with Crippen LogP contribution in [0.4, 0.5) is 4.39 Å². The van der Waals surface area contributed by atoms with Gasteiger partial charge in [0, 0.05) is 22.9 Å². The lowest BCUT2D eigenvalue weighted by molar-refractivity contribution is 0.0993. The van der Waals surface area contributed by atoms with Gasteiger partial charge in [0.1, 0.15) is 5.82 Å². The van der Waals surface area contributed by atoms with E-state index in [-0.39, 0.29) is 11.6 Å². The van der Waals surface area contributed by atoms with Crippen LogP contribution >= 0.6 is 0 Å². The number of halogens is 1. The molecule has 0 amide bonds. The van der Waals surface area contributed by atoms with Gasteiger partial charge in [-0.15, -0.1) is 0 Å². The third kappa shape index (κ3) is 3.06. The fraction of sp³-hybridized carbons (Fsp3) is 0.0476. The summed E-state index contributed by atoms with van der Waals surface area (Å²) in [6, 6.07) is 21.4. The highest BCUT2D eigenvalue weighted by Crippen LogP contribution is 2.27. The Morgan fingerprint density at radius 3 is 2.48 bits per heavy atom. The Morgan fingerprint density at radius 2 is 1.72 bits per heavy atom. The second kappa shape index (κ2) is 6.32. The molecule has 3 nitrogen and oxygen atoms in total. The van der Waals surface area contributed by atoms with Crippen LogP contribution in [0.1, 0.15) is 15.9 Å². The molecular formula is C21H15FN2O. The van der Waals surface area contributed by atoms with Crippen molar-refractivity contribution in [1.29, 1.82) is 0 Å². The van der Waals surface area contributed by atoms with E-state index < -0.39 is 0 Å². The number of aromatic amines is 1. The summed E-state index contributed by atoms with van der Waals surface area (Å²) in [5, 5.41) is 8.14. The van der Waals surface area contributed by atoms with Crippen LogP contribution in [0, 0.1) is 5.82 Å². The summed E-state index contributed by atoms with van der Waals surface area (Å²) in [5.74, 6) is -0.235. The Kier molecular flexibility index (Phi) is 3.86. The number of fused-ring (bicyclic) bond motifs is 1. The zero-order valence-corrected chi connectivity index (χ0v) is 13.4. The van der Waals surface area contributed by atoms with Crippen molar-refractivity contribution >= 4 is 16.7 Å². The predicted molar refractivity (Wildman–Crippen MR) is 96.0 cm³/mol. The van der Waals surface area contributed by atoms with Crippen molar-refractivity contribution in [3.05, 3.63) is 89.7 Å². The molecule has 3 aromatic carbocycles. The van der Waals surface area contributed by atoms with Gasteiger partial charge in [0.05, 0.1) is 11.2 Å². The van der Waals surface area contributed by atoms with Gasteiger partial charge in [0.15, 0.2) is 5.78 Å². The molecule has 0 radical (unpaired) electrons. The number of carbonyl (C=O) groups excluding carboxylic acids is 1. The maximum absolute atomic E-state index is 13.1. The van der Waals surface area contributed by atoms with Gasteiger partial charge in [-0.3, -0.25) is 9.89 Å². The van der Waals surface area contributed by atoms with Crippen molar-refractivity contribution in [1.82, 2.24) is 10.2 Å². The third-order valence-electron chi connectivity index (χ3n) is 4.21. The number of rotatable bonds is 4. The number of nitrogens with one attached hydrogen (secondary N) is 1. The summed E-state index contributed by atoms with van der Waals surface area (Å²) >= 11 is 0. The largest absolute Gasteiger partial charge is 0.294 e.